The van der Waals surface area contributed by atoms with Crippen molar-refractivity contribution in [3.8, 4) is 0 Å². The van der Waals surface area contributed by atoms with E-state index in [0.717, 1.165) is 17.2 Å². The van der Waals surface area contributed by atoms with Crippen molar-refractivity contribution in [2.75, 3.05) is 16.4 Å². The number of amidine groups is 1. The van der Waals surface area contributed by atoms with Crippen molar-refractivity contribution < 1.29 is 17.2 Å². The van der Waals surface area contributed by atoms with E-state index in [1.165, 1.54) is 23.9 Å². The molecule has 2 atom stereocenters. The summed E-state index contributed by atoms with van der Waals surface area (Å²) in [7, 11) is -3.22. The third kappa shape index (κ3) is 3.73. The lowest BCUT2D eigenvalue weighted by molar-refractivity contribution is 0.577. The Bertz CT molecular complexity index is 1010. The Kier molecular flexibility index (Phi) is 4.71. The molecule has 1 fully saturated rings. The molecular weight excluding hydrogens is 390 g/mol. The summed E-state index contributed by atoms with van der Waals surface area (Å²) in [6, 6.07) is 10.6. The summed E-state index contributed by atoms with van der Waals surface area (Å²) in [5.41, 5.74) is 2.42. The van der Waals surface area contributed by atoms with Gasteiger partial charge < -0.3 is 4.90 Å². The smallest absolute Gasteiger partial charge is 0.164 e. The number of hydrogen-bond donors (Lipinski definition) is 0. The molecule has 2 heterocycles. The molecule has 0 radical (unpaired) electrons. The van der Waals surface area contributed by atoms with Crippen LogP contribution in [0.25, 0.3) is 0 Å². The van der Waals surface area contributed by atoms with Crippen molar-refractivity contribution in [1.29, 1.82) is 0 Å². The van der Waals surface area contributed by atoms with Crippen LogP contribution in [0.2, 0.25) is 0 Å². The van der Waals surface area contributed by atoms with Gasteiger partial charge in [-0.1, -0.05) is 41.6 Å². The van der Waals surface area contributed by atoms with E-state index in [4.69, 9.17) is 0 Å². The fourth-order valence-corrected chi connectivity index (χ4v) is 6.34. The lowest BCUT2D eigenvalue weighted by Crippen LogP contribution is -2.39. The van der Waals surface area contributed by atoms with Gasteiger partial charge in [0.25, 0.3) is 0 Å². The van der Waals surface area contributed by atoms with E-state index in [0.29, 0.717) is 10.9 Å². The van der Waals surface area contributed by atoms with Crippen molar-refractivity contribution in [1.82, 2.24) is 0 Å². The van der Waals surface area contributed by atoms with Crippen LogP contribution >= 0.6 is 11.8 Å². The monoisotopic (exact) mass is 408 g/mol. The Morgan fingerprint density at radius 2 is 1.89 bits per heavy atom. The first-order valence-corrected chi connectivity index (χ1v) is 11.3. The maximum Gasteiger partial charge on any atom is 0.164 e. The molecule has 0 saturated carbocycles. The fourth-order valence-electron chi connectivity index (χ4n) is 3.42. The van der Waals surface area contributed by atoms with Crippen LogP contribution in [0, 0.1) is 18.6 Å². The number of sulfone groups is 1. The average Bonchev–Trinajstić information content (AvgIpc) is 3.06. The first kappa shape index (κ1) is 18.4. The highest BCUT2D eigenvalue weighted by Crippen LogP contribution is 2.37. The van der Waals surface area contributed by atoms with Crippen LogP contribution in [0.3, 0.4) is 0 Å². The fraction of sp³-hybridized carbons (Fsp3) is 0.316. The third-order valence-corrected chi connectivity index (χ3v) is 7.50. The molecular formula is C19H18F2N2O2S2. The standard InChI is InChI=1S/C19H18F2N2O2S2/c1-12-2-4-13(5-3-12)9-26-19-22-16-10-27(24,25)11-18(16)23(19)17-7-6-14(20)8-15(17)21/h2-8,16,18H,9-11H2,1H3. The quantitative estimate of drug-likeness (QED) is 0.779. The van der Waals surface area contributed by atoms with Gasteiger partial charge in [0.1, 0.15) is 11.6 Å². The van der Waals surface area contributed by atoms with E-state index >= 15 is 0 Å². The number of hydrogen-bond acceptors (Lipinski definition) is 5. The van der Waals surface area contributed by atoms with Crippen molar-refractivity contribution in [2.24, 2.45) is 4.99 Å². The highest BCUT2D eigenvalue weighted by atomic mass is 32.2. The number of fused-ring (bicyclic) bond motifs is 1. The molecule has 8 heteroatoms. The minimum atomic E-state index is -3.22. The molecule has 0 amide bonds. The third-order valence-electron chi connectivity index (χ3n) is 4.77. The number of aryl methyl sites for hydroxylation is 1. The van der Waals surface area contributed by atoms with E-state index in [1.807, 2.05) is 31.2 Å². The number of benzene rings is 2. The molecule has 2 aliphatic heterocycles. The molecule has 2 unspecified atom stereocenters. The molecule has 27 heavy (non-hydrogen) atoms. The SMILES string of the molecule is Cc1ccc(CSC2=NC3CS(=O)(=O)CC3N2c2ccc(F)cc2F)cc1. The Morgan fingerprint density at radius 3 is 2.59 bits per heavy atom. The molecule has 0 aromatic heterocycles. The topological polar surface area (TPSA) is 49.7 Å². The molecule has 0 N–H and O–H groups in total. The van der Waals surface area contributed by atoms with Gasteiger partial charge in [-0.05, 0) is 24.6 Å². The number of anilines is 1. The van der Waals surface area contributed by atoms with Gasteiger partial charge in [0.2, 0.25) is 0 Å². The molecule has 0 aliphatic carbocycles. The Labute approximate surface area is 161 Å². The first-order chi connectivity index (χ1) is 12.8. The number of aliphatic imine (C=N–C) groups is 1. The Hall–Kier alpha value is -1.93. The van der Waals surface area contributed by atoms with Gasteiger partial charge in [-0.15, -0.1) is 0 Å². The molecule has 2 aromatic rings. The molecule has 4 nitrogen and oxygen atoms in total. The van der Waals surface area contributed by atoms with Gasteiger partial charge >= 0.3 is 0 Å². The van der Waals surface area contributed by atoms with E-state index in [9.17, 15) is 17.2 Å². The van der Waals surface area contributed by atoms with Crippen LogP contribution in [0.5, 0.6) is 0 Å². The second-order valence-corrected chi connectivity index (χ2v) is 9.96. The lowest BCUT2D eigenvalue weighted by Gasteiger charge is -2.26. The second-order valence-electron chi connectivity index (χ2n) is 6.86. The minimum absolute atomic E-state index is 0.0361. The molecule has 0 spiro atoms. The Balaban J connectivity index is 1.64. The summed E-state index contributed by atoms with van der Waals surface area (Å²) >= 11 is 1.44. The van der Waals surface area contributed by atoms with Crippen LogP contribution in [0.4, 0.5) is 14.5 Å². The molecule has 1 saturated heterocycles. The zero-order valence-corrected chi connectivity index (χ0v) is 16.2. The number of thioether (sulfide) groups is 1. The molecule has 142 valence electrons. The van der Waals surface area contributed by atoms with Crippen molar-refractivity contribution in [3.63, 3.8) is 0 Å². The molecule has 0 bridgehead atoms. The minimum Gasteiger partial charge on any atom is -0.312 e. The molecule has 4 rings (SSSR count). The van der Waals surface area contributed by atoms with Crippen molar-refractivity contribution in [3.05, 3.63) is 65.2 Å². The number of rotatable bonds is 3. The summed E-state index contributed by atoms with van der Waals surface area (Å²) in [6.45, 7) is 2.01. The van der Waals surface area contributed by atoms with Gasteiger partial charge in [-0.25, -0.2) is 17.2 Å². The molecule has 2 aromatic carbocycles. The predicted molar refractivity (Wildman–Crippen MR) is 105 cm³/mol. The maximum absolute atomic E-state index is 14.4. The maximum atomic E-state index is 14.4. The summed E-state index contributed by atoms with van der Waals surface area (Å²) in [5, 5.41) is 0.575. The summed E-state index contributed by atoms with van der Waals surface area (Å²) in [6.07, 6.45) is 0. The van der Waals surface area contributed by atoms with Gasteiger partial charge in [-0.2, -0.15) is 0 Å². The van der Waals surface area contributed by atoms with Gasteiger partial charge in [0.05, 0.1) is 29.3 Å². The van der Waals surface area contributed by atoms with Gasteiger partial charge in [0.15, 0.2) is 15.0 Å². The lowest BCUT2D eigenvalue weighted by atomic mass is 10.1. The predicted octanol–water partition coefficient (Wildman–Crippen LogP) is 3.55. The van der Waals surface area contributed by atoms with Gasteiger partial charge in [-0.3, -0.25) is 4.99 Å². The normalized spacial score (nSPS) is 23.4. The van der Waals surface area contributed by atoms with Gasteiger partial charge in [0, 0.05) is 11.8 Å². The zero-order valence-electron chi connectivity index (χ0n) is 14.6. The zero-order chi connectivity index (χ0) is 19.2. The highest BCUT2D eigenvalue weighted by Gasteiger charge is 2.47. The molecule has 2 aliphatic rings. The van der Waals surface area contributed by atoms with E-state index in [2.05, 4.69) is 4.99 Å². The van der Waals surface area contributed by atoms with Crippen LogP contribution in [-0.4, -0.2) is 37.2 Å². The van der Waals surface area contributed by atoms with E-state index < -0.39 is 33.6 Å². The van der Waals surface area contributed by atoms with Crippen LogP contribution in [0.1, 0.15) is 11.1 Å². The highest BCUT2D eigenvalue weighted by molar-refractivity contribution is 8.13. The van der Waals surface area contributed by atoms with Crippen molar-refractivity contribution in [2.45, 2.75) is 24.8 Å². The van der Waals surface area contributed by atoms with Crippen LogP contribution in [-0.2, 0) is 15.6 Å². The summed E-state index contributed by atoms with van der Waals surface area (Å²) < 4.78 is 51.8. The largest absolute Gasteiger partial charge is 0.312 e. The number of nitrogens with zero attached hydrogens (tertiary/aromatic N) is 2. The Morgan fingerprint density at radius 1 is 1.15 bits per heavy atom. The van der Waals surface area contributed by atoms with Crippen LogP contribution < -0.4 is 4.90 Å². The number of halogens is 2. The van der Waals surface area contributed by atoms with E-state index in [-0.39, 0.29) is 17.2 Å². The summed E-state index contributed by atoms with van der Waals surface area (Å²) in [5.74, 6) is -0.872. The summed E-state index contributed by atoms with van der Waals surface area (Å²) in [4.78, 5) is 6.19. The van der Waals surface area contributed by atoms with Crippen molar-refractivity contribution >= 4 is 32.5 Å². The average molecular weight is 408 g/mol. The second kappa shape index (κ2) is 6.91. The first-order valence-electron chi connectivity index (χ1n) is 8.53. The van der Waals surface area contributed by atoms with E-state index in [1.54, 1.807) is 4.90 Å². The van der Waals surface area contributed by atoms with Crippen LogP contribution in [0.15, 0.2) is 47.5 Å².